The van der Waals surface area contributed by atoms with Gasteiger partial charge >= 0.3 is 0 Å². The molecule has 0 unspecified atom stereocenters. The van der Waals surface area contributed by atoms with Gasteiger partial charge in [0.15, 0.2) is 0 Å². The fourth-order valence-corrected chi connectivity index (χ4v) is 5.75. The van der Waals surface area contributed by atoms with Crippen molar-refractivity contribution in [1.82, 2.24) is 9.21 Å². The SMILES string of the molecule is C[C@@H]1CN(S(=O)(=O)c2cccc(C(=O)N(C)C3CC[NH+](C)CC3)c2)C[C@@H](C)O1. The lowest BCUT2D eigenvalue weighted by atomic mass is 10.0. The van der Waals surface area contributed by atoms with E-state index in [-0.39, 0.29) is 29.1 Å². The maximum atomic E-state index is 13.1. The van der Waals surface area contributed by atoms with Gasteiger partial charge in [0, 0.05) is 44.6 Å². The van der Waals surface area contributed by atoms with Gasteiger partial charge in [-0.05, 0) is 32.0 Å². The number of likely N-dealkylation sites (tertiary alicyclic amines) is 1. The van der Waals surface area contributed by atoms with Crippen LogP contribution in [0.5, 0.6) is 0 Å². The predicted octanol–water partition coefficient (Wildman–Crippen LogP) is 0.234. The molecule has 1 N–H and O–H groups in total. The molecule has 0 bridgehead atoms. The van der Waals surface area contributed by atoms with Crippen LogP contribution in [-0.2, 0) is 14.8 Å². The molecule has 2 fully saturated rings. The Morgan fingerprint density at radius 1 is 1.18 bits per heavy atom. The van der Waals surface area contributed by atoms with Crippen molar-refractivity contribution in [2.24, 2.45) is 0 Å². The Labute approximate surface area is 168 Å². The molecular weight excluding hydrogens is 378 g/mol. The summed E-state index contributed by atoms with van der Waals surface area (Å²) in [6.07, 6.45) is 1.63. The molecule has 7 nitrogen and oxygen atoms in total. The number of morpholine rings is 1. The summed E-state index contributed by atoms with van der Waals surface area (Å²) in [6, 6.07) is 6.63. The van der Waals surface area contributed by atoms with Crippen LogP contribution in [-0.4, -0.2) is 82.1 Å². The zero-order valence-corrected chi connectivity index (χ0v) is 18.0. The molecule has 0 radical (unpaired) electrons. The summed E-state index contributed by atoms with van der Waals surface area (Å²) in [6.45, 7) is 6.48. The van der Waals surface area contributed by atoms with Crippen molar-refractivity contribution >= 4 is 15.9 Å². The van der Waals surface area contributed by atoms with Crippen LogP contribution in [0.2, 0.25) is 0 Å². The smallest absolute Gasteiger partial charge is 0.253 e. The Morgan fingerprint density at radius 3 is 2.39 bits per heavy atom. The molecule has 0 aliphatic carbocycles. The van der Waals surface area contributed by atoms with Crippen LogP contribution in [0.25, 0.3) is 0 Å². The van der Waals surface area contributed by atoms with E-state index in [1.807, 2.05) is 20.9 Å². The zero-order valence-electron chi connectivity index (χ0n) is 17.2. The van der Waals surface area contributed by atoms with Gasteiger partial charge in [0.1, 0.15) is 0 Å². The number of ether oxygens (including phenoxy) is 1. The van der Waals surface area contributed by atoms with Gasteiger partial charge in [-0.25, -0.2) is 8.42 Å². The van der Waals surface area contributed by atoms with Gasteiger partial charge in [-0.2, -0.15) is 4.31 Å². The van der Waals surface area contributed by atoms with E-state index >= 15 is 0 Å². The molecule has 2 aliphatic heterocycles. The first kappa shape index (κ1) is 21.2. The van der Waals surface area contributed by atoms with Crippen LogP contribution in [0.4, 0.5) is 0 Å². The molecule has 1 aromatic rings. The van der Waals surface area contributed by atoms with Crippen LogP contribution >= 0.6 is 0 Å². The first-order chi connectivity index (χ1) is 13.2. The van der Waals surface area contributed by atoms with Gasteiger partial charge in [0.25, 0.3) is 5.91 Å². The first-order valence-corrected chi connectivity index (χ1v) is 11.5. The molecule has 2 aliphatic rings. The highest BCUT2D eigenvalue weighted by molar-refractivity contribution is 7.89. The molecule has 0 saturated carbocycles. The van der Waals surface area contributed by atoms with Crippen LogP contribution in [0.15, 0.2) is 29.2 Å². The number of carbonyl (C=O) groups excluding carboxylic acids is 1. The average molecular weight is 411 g/mol. The van der Waals surface area contributed by atoms with E-state index in [4.69, 9.17) is 4.74 Å². The number of carbonyl (C=O) groups is 1. The second kappa shape index (κ2) is 8.49. The van der Waals surface area contributed by atoms with Gasteiger partial charge in [-0.15, -0.1) is 0 Å². The number of benzene rings is 1. The van der Waals surface area contributed by atoms with Gasteiger partial charge in [-0.3, -0.25) is 4.79 Å². The van der Waals surface area contributed by atoms with Crippen molar-refractivity contribution in [2.45, 2.75) is 49.8 Å². The summed E-state index contributed by atoms with van der Waals surface area (Å²) in [5, 5.41) is 0. The average Bonchev–Trinajstić information content (AvgIpc) is 2.67. The Hall–Kier alpha value is -1.48. The lowest BCUT2D eigenvalue weighted by Gasteiger charge is -2.34. The predicted molar refractivity (Wildman–Crippen MR) is 107 cm³/mol. The lowest BCUT2D eigenvalue weighted by Crippen LogP contribution is -3.10. The molecule has 156 valence electrons. The van der Waals surface area contributed by atoms with Gasteiger partial charge < -0.3 is 14.5 Å². The number of nitrogens with zero attached hydrogens (tertiary/aromatic N) is 2. The molecule has 1 aromatic carbocycles. The van der Waals surface area contributed by atoms with Crippen molar-refractivity contribution in [3.63, 3.8) is 0 Å². The number of hydrogen-bond donors (Lipinski definition) is 1. The zero-order chi connectivity index (χ0) is 20.5. The summed E-state index contributed by atoms with van der Waals surface area (Å²) in [5.74, 6) is -0.120. The molecule has 28 heavy (non-hydrogen) atoms. The highest BCUT2D eigenvalue weighted by Gasteiger charge is 2.33. The number of piperidine rings is 1. The minimum Gasteiger partial charge on any atom is -0.373 e. The maximum absolute atomic E-state index is 13.1. The highest BCUT2D eigenvalue weighted by atomic mass is 32.2. The number of hydrogen-bond acceptors (Lipinski definition) is 4. The number of sulfonamides is 1. The van der Waals surface area contributed by atoms with Crippen LogP contribution in [0, 0.1) is 0 Å². The summed E-state index contributed by atoms with van der Waals surface area (Å²) in [7, 11) is 0.324. The van der Waals surface area contributed by atoms with E-state index in [9.17, 15) is 13.2 Å². The summed E-state index contributed by atoms with van der Waals surface area (Å²) in [4.78, 5) is 16.4. The highest BCUT2D eigenvalue weighted by Crippen LogP contribution is 2.23. The van der Waals surface area contributed by atoms with Gasteiger partial charge in [0.05, 0.1) is 37.2 Å². The third kappa shape index (κ3) is 4.56. The van der Waals surface area contributed by atoms with Crippen molar-refractivity contribution in [3.8, 4) is 0 Å². The quantitative estimate of drug-likeness (QED) is 0.772. The van der Waals surface area contributed by atoms with E-state index < -0.39 is 10.0 Å². The van der Waals surface area contributed by atoms with E-state index in [0.717, 1.165) is 25.9 Å². The van der Waals surface area contributed by atoms with Gasteiger partial charge in [-0.1, -0.05) is 6.07 Å². The number of quaternary nitrogens is 1. The summed E-state index contributed by atoms with van der Waals surface area (Å²) >= 11 is 0. The fourth-order valence-electron chi connectivity index (χ4n) is 4.12. The Bertz CT molecular complexity index is 795. The van der Waals surface area contributed by atoms with Crippen LogP contribution in [0.1, 0.15) is 37.0 Å². The second-order valence-electron chi connectivity index (χ2n) is 8.21. The molecule has 2 atom stereocenters. The van der Waals surface area contributed by atoms with E-state index in [1.54, 1.807) is 23.1 Å². The Balaban J connectivity index is 1.78. The van der Waals surface area contributed by atoms with Crippen molar-refractivity contribution in [3.05, 3.63) is 29.8 Å². The minimum absolute atomic E-state index is 0.120. The molecule has 2 saturated heterocycles. The fraction of sp³-hybridized carbons (Fsp3) is 0.650. The van der Waals surface area contributed by atoms with E-state index in [2.05, 4.69) is 7.05 Å². The Morgan fingerprint density at radius 2 is 1.79 bits per heavy atom. The topological polar surface area (TPSA) is 71.4 Å². The second-order valence-corrected chi connectivity index (χ2v) is 10.1. The molecule has 8 heteroatoms. The number of rotatable bonds is 4. The van der Waals surface area contributed by atoms with Crippen molar-refractivity contribution in [2.75, 3.05) is 40.3 Å². The molecular formula is C20H32N3O4S+. The Kier molecular flexibility index (Phi) is 6.44. The number of nitrogens with one attached hydrogen (secondary N) is 1. The largest absolute Gasteiger partial charge is 0.373 e. The molecule has 3 rings (SSSR count). The molecule has 1 amide bonds. The van der Waals surface area contributed by atoms with Gasteiger partial charge in [0.2, 0.25) is 10.0 Å². The number of amides is 1. The summed E-state index contributed by atoms with van der Waals surface area (Å²) < 4.78 is 33.3. The minimum atomic E-state index is -3.66. The maximum Gasteiger partial charge on any atom is 0.253 e. The normalized spacial score (nSPS) is 29.4. The van der Waals surface area contributed by atoms with Crippen LogP contribution < -0.4 is 4.90 Å². The van der Waals surface area contributed by atoms with Crippen LogP contribution in [0.3, 0.4) is 0 Å². The molecule has 2 heterocycles. The monoisotopic (exact) mass is 410 g/mol. The standard InChI is InChI=1S/C20H31N3O4S/c1-15-13-23(14-16(2)27-15)28(25,26)19-7-5-6-17(12-19)20(24)22(4)18-8-10-21(3)11-9-18/h5-7,12,15-16,18H,8-11,13-14H2,1-4H3/p+1/t15-,16-/m1/s1. The van der Waals surface area contributed by atoms with E-state index in [1.165, 1.54) is 15.3 Å². The van der Waals surface area contributed by atoms with E-state index in [0.29, 0.717) is 18.7 Å². The first-order valence-electron chi connectivity index (χ1n) is 10.0. The molecule has 0 aromatic heterocycles. The summed E-state index contributed by atoms with van der Waals surface area (Å²) in [5.41, 5.74) is 0.421. The lowest BCUT2D eigenvalue weighted by molar-refractivity contribution is -0.885. The third-order valence-corrected chi connectivity index (χ3v) is 7.61. The third-order valence-electron chi connectivity index (χ3n) is 5.78. The molecule has 0 spiro atoms. The van der Waals surface area contributed by atoms with Crippen molar-refractivity contribution < 1.29 is 22.8 Å². The van der Waals surface area contributed by atoms with Crippen molar-refractivity contribution in [1.29, 1.82) is 0 Å².